The fourth-order valence-electron chi connectivity index (χ4n) is 7.78. The molecule has 11 nitrogen and oxygen atoms in total. The van der Waals surface area contributed by atoms with Gasteiger partial charge in [0.2, 0.25) is 0 Å². The van der Waals surface area contributed by atoms with E-state index >= 15 is 0 Å². The second kappa shape index (κ2) is 13.9. The van der Waals surface area contributed by atoms with Crippen molar-refractivity contribution in [1.82, 2.24) is 34.6 Å². The number of aromatic nitrogens is 3. The highest BCUT2D eigenvalue weighted by Crippen LogP contribution is 2.31. The van der Waals surface area contributed by atoms with Gasteiger partial charge < -0.3 is 25.4 Å². The summed E-state index contributed by atoms with van der Waals surface area (Å²) in [7, 11) is 0. The number of hydrogen-bond donors (Lipinski definition) is 3. The van der Waals surface area contributed by atoms with Crippen molar-refractivity contribution in [3.63, 3.8) is 0 Å². The number of nitrogens with one attached hydrogen (secondary N) is 2. The van der Waals surface area contributed by atoms with Gasteiger partial charge in [-0.2, -0.15) is 0 Å². The normalized spacial score (nSPS) is 22.1. The number of phenolic OH excluding ortho intramolecular Hbond substituents is 1. The second-order valence-corrected chi connectivity index (χ2v) is 13.9. The Balaban J connectivity index is 1.07. The Morgan fingerprint density at radius 2 is 1.86 bits per heavy atom. The molecule has 4 aliphatic rings. The zero-order valence-corrected chi connectivity index (χ0v) is 28.6. The van der Waals surface area contributed by atoms with Crippen LogP contribution in [0, 0.1) is 5.82 Å². The molecular formula is C39H42FN7O4. The third-order valence-corrected chi connectivity index (χ3v) is 10.4. The van der Waals surface area contributed by atoms with E-state index in [0.29, 0.717) is 44.8 Å². The average molecular weight is 692 g/mol. The maximum Gasteiger partial charge on any atom is 0.337 e. The Morgan fingerprint density at radius 3 is 2.69 bits per heavy atom. The summed E-state index contributed by atoms with van der Waals surface area (Å²) in [6.07, 6.45) is 12.5. The summed E-state index contributed by atoms with van der Waals surface area (Å²) in [5, 5.41) is 17.6. The van der Waals surface area contributed by atoms with Crippen LogP contribution >= 0.6 is 0 Å². The molecule has 264 valence electrons. The minimum absolute atomic E-state index is 0.0620. The molecule has 0 spiro atoms. The van der Waals surface area contributed by atoms with E-state index in [-0.39, 0.29) is 35.0 Å². The average Bonchev–Trinajstić information content (AvgIpc) is 3.54. The van der Waals surface area contributed by atoms with Gasteiger partial charge in [0.25, 0.3) is 5.56 Å². The summed E-state index contributed by atoms with van der Waals surface area (Å²) in [5.74, 6) is -0.460. The van der Waals surface area contributed by atoms with Gasteiger partial charge in [-0.3, -0.25) is 14.3 Å². The van der Waals surface area contributed by atoms with E-state index in [1.54, 1.807) is 18.2 Å². The number of nitrogens with zero attached hydrogens (tertiary/aromatic N) is 5. The van der Waals surface area contributed by atoms with Crippen LogP contribution in [-0.4, -0.2) is 74.1 Å². The van der Waals surface area contributed by atoms with Crippen LogP contribution in [0.3, 0.4) is 0 Å². The van der Waals surface area contributed by atoms with Gasteiger partial charge in [0.1, 0.15) is 17.7 Å². The van der Waals surface area contributed by atoms with E-state index in [1.807, 2.05) is 24.3 Å². The second-order valence-electron chi connectivity index (χ2n) is 13.9. The molecule has 1 saturated heterocycles. The molecule has 0 bridgehead atoms. The first-order valence-corrected chi connectivity index (χ1v) is 17.7. The van der Waals surface area contributed by atoms with Crippen LogP contribution in [0.1, 0.15) is 44.2 Å². The molecule has 1 atom stereocenters. The van der Waals surface area contributed by atoms with Crippen LogP contribution < -0.4 is 21.9 Å². The lowest BCUT2D eigenvalue weighted by Crippen LogP contribution is -2.45. The topological polar surface area (TPSA) is 117 Å². The van der Waals surface area contributed by atoms with Crippen molar-refractivity contribution < 1.29 is 14.2 Å². The molecule has 2 aromatic carbocycles. The van der Waals surface area contributed by atoms with Crippen LogP contribution in [0.4, 0.5) is 4.39 Å². The zero-order chi connectivity index (χ0) is 35.1. The maximum absolute atomic E-state index is 14.6. The van der Waals surface area contributed by atoms with Crippen LogP contribution in [0.15, 0.2) is 100 Å². The Kier molecular flexibility index (Phi) is 9.05. The fraction of sp³-hybridized carbons (Fsp3) is 0.359. The number of phenols is 1. The molecule has 12 heteroatoms. The van der Waals surface area contributed by atoms with Crippen molar-refractivity contribution in [2.45, 2.75) is 57.4 Å². The summed E-state index contributed by atoms with van der Waals surface area (Å²) < 4.78 is 22.9. The van der Waals surface area contributed by atoms with Crippen LogP contribution in [0.25, 0.3) is 27.8 Å². The van der Waals surface area contributed by atoms with Gasteiger partial charge in [-0.15, -0.1) is 0 Å². The molecule has 2 fully saturated rings. The number of aromatic hydroxyl groups is 1. The standard InChI is InChI=1S/C39H42FN7O4/c1-25-5-12-36-43-30(24-45(36)22-25)21-41-29-6-8-31(9-7-29)47-38(49)35-19-28(40)20-42-37(35)46(39(47)50)32-4-2-3-26(17-32)34-11-10-33(48)18-27(34)23-44-13-15-51-16-14-44/h2-5,10-12,17-20,22,24,29,31,36,41,43,48H,6-9,13-16,21,23H2,1H3/t29-,31+,36?. The van der Waals surface area contributed by atoms with Crippen molar-refractivity contribution in [1.29, 1.82) is 0 Å². The van der Waals surface area contributed by atoms with Gasteiger partial charge >= 0.3 is 5.69 Å². The van der Waals surface area contributed by atoms with Crippen LogP contribution in [0.2, 0.25) is 0 Å². The van der Waals surface area contributed by atoms with E-state index < -0.39 is 17.1 Å². The predicted octanol–water partition coefficient (Wildman–Crippen LogP) is 4.51. The molecule has 0 radical (unpaired) electrons. The molecule has 2 aromatic heterocycles. The molecule has 1 saturated carbocycles. The molecule has 8 rings (SSSR count). The predicted molar refractivity (Wildman–Crippen MR) is 194 cm³/mol. The number of fused-ring (bicyclic) bond motifs is 2. The summed E-state index contributed by atoms with van der Waals surface area (Å²) in [6.45, 7) is 6.31. The van der Waals surface area contributed by atoms with E-state index in [9.17, 15) is 19.1 Å². The van der Waals surface area contributed by atoms with Gasteiger partial charge in [-0.25, -0.2) is 18.7 Å². The number of ether oxygens (including phenoxy) is 1. The number of hydrogen-bond acceptors (Lipinski definition) is 9. The third-order valence-electron chi connectivity index (χ3n) is 10.4. The maximum atomic E-state index is 14.6. The molecule has 4 aromatic rings. The summed E-state index contributed by atoms with van der Waals surface area (Å²) in [4.78, 5) is 37.1. The molecule has 0 amide bonds. The number of halogens is 1. The minimum atomic E-state index is -0.637. The quantitative estimate of drug-likeness (QED) is 0.246. The van der Waals surface area contributed by atoms with E-state index in [1.165, 1.54) is 20.8 Å². The molecule has 51 heavy (non-hydrogen) atoms. The lowest BCUT2D eigenvalue weighted by molar-refractivity contribution is 0.0342. The first kappa shape index (κ1) is 33.1. The highest BCUT2D eigenvalue weighted by molar-refractivity contribution is 5.77. The highest BCUT2D eigenvalue weighted by Gasteiger charge is 2.28. The van der Waals surface area contributed by atoms with Crippen LogP contribution in [0.5, 0.6) is 5.75 Å². The Bertz CT molecular complexity index is 2180. The first-order valence-electron chi connectivity index (χ1n) is 17.7. The lowest BCUT2D eigenvalue weighted by Gasteiger charge is -2.30. The third kappa shape index (κ3) is 6.74. The number of rotatable bonds is 8. The van der Waals surface area contributed by atoms with Crippen molar-refractivity contribution in [2.24, 2.45) is 0 Å². The SMILES string of the molecule is CC1=CN2C=C(CN[C@H]3CC[C@@H](n4c(=O)c5cc(F)cnc5n(-c5cccc(-c6ccc(O)cc6CN6CCOCC6)c5)c4=O)CC3)NC2C=C1. The summed E-state index contributed by atoms with van der Waals surface area (Å²) >= 11 is 0. The van der Waals surface area contributed by atoms with Crippen LogP contribution in [-0.2, 0) is 11.3 Å². The number of pyridine rings is 1. The highest BCUT2D eigenvalue weighted by atomic mass is 19.1. The monoisotopic (exact) mass is 691 g/mol. The Morgan fingerprint density at radius 1 is 1.04 bits per heavy atom. The summed E-state index contributed by atoms with van der Waals surface area (Å²) in [6, 6.07) is 13.9. The molecule has 1 aliphatic carbocycles. The molecular weight excluding hydrogens is 649 g/mol. The fourth-order valence-corrected chi connectivity index (χ4v) is 7.78. The van der Waals surface area contributed by atoms with E-state index in [0.717, 1.165) is 54.5 Å². The minimum Gasteiger partial charge on any atom is -0.508 e. The Labute approximate surface area is 295 Å². The van der Waals surface area contributed by atoms with E-state index in [2.05, 4.69) is 56.9 Å². The summed E-state index contributed by atoms with van der Waals surface area (Å²) in [5.41, 5.74) is 4.64. The number of morpholine rings is 1. The molecule has 1 unspecified atom stereocenters. The van der Waals surface area contributed by atoms with Crippen molar-refractivity contribution in [3.05, 3.63) is 123 Å². The largest absolute Gasteiger partial charge is 0.508 e. The molecule has 3 N–H and O–H groups in total. The van der Waals surface area contributed by atoms with Crippen molar-refractivity contribution >= 4 is 11.0 Å². The van der Waals surface area contributed by atoms with E-state index in [4.69, 9.17) is 4.74 Å². The van der Waals surface area contributed by atoms with Gasteiger partial charge in [0.15, 0.2) is 5.65 Å². The number of allylic oxidation sites excluding steroid dienone is 2. The first-order chi connectivity index (χ1) is 24.8. The van der Waals surface area contributed by atoms with Crippen molar-refractivity contribution in [3.8, 4) is 22.6 Å². The van der Waals surface area contributed by atoms with Crippen molar-refractivity contribution in [2.75, 3.05) is 32.8 Å². The smallest absolute Gasteiger partial charge is 0.337 e. The molecule has 5 heterocycles. The van der Waals surface area contributed by atoms with Gasteiger partial charge in [0.05, 0.1) is 30.5 Å². The lowest BCUT2D eigenvalue weighted by atomic mass is 9.91. The Hall–Kier alpha value is -5.04. The number of benzene rings is 2. The van der Waals surface area contributed by atoms with Gasteiger partial charge in [0, 0.05) is 56.4 Å². The van der Waals surface area contributed by atoms with Gasteiger partial charge in [-0.1, -0.05) is 24.3 Å². The van der Waals surface area contributed by atoms with Gasteiger partial charge in [-0.05, 0) is 91.3 Å². The zero-order valence-electron chi connectivity index (χ0n) is 28.6. The molecule has 3 aliphatic heterocycles.